The van der Waals surface area contributed by atoms with Crippen LogP contribution in [0.5, 0.6) is 5.75 Å². The van der Waals surface area contributed by atoms with Crippen molar-refractivity contribution in [3.8, 4) is 5.75 Å². The maximum atomic E-state index is 13.4. The Hall–Kier alpha value is -2.98. The number of carbonyl (C=O) groups is 3. The van der Waals surface area contributed by atoms with Crippen LogP contribution in [0, 0.1) is 3.57 Å². The van der Waals surface area contributed by atoms with Gasteiger partial charge in [-0.15, -0.1) is 0 Å². The number of carbonyl (C=O) groups excluding carboxylic acids is 3. The van der Waals surface area contributed by atoms with Crippen molar-refractivity contribution in [3.05, 3.63) is 96.5 Å². The second kappa shape index (κ2) is 11.4. The van der Waals surface area contributed by atoms with Gasteiger partial charge in [-0.2, -0.15) is 0 Å². The van der Waals surface area contributed by atoms with Gasteiger partial charge < -0.3 is 4.74 Å². The van der Waals surface area contributed by atoms with E-state index in [1.807, 2.05) is 56.3 Å². The molecule has 184 valence electrons. The molecule has 4 amide bonds. The molecule has 1 heterocycles. The molecule has 0 bridgehead atoms. The first-order valence-corrected chi connectivity index (χ1v) is 13.4. The molecular weight excluding hydrogens is 635 g/mol. The average molecular weight is 659 g/mol. The molecule has 1 aliphatic rings. The Balaban J connectivity index is 1.74. The fourth-order valence-electron chi connectivity index (χ4n) is 4.07. The summed E-state index contributed by atoms with van der Waals surface area (Å²) in [5, 5.41) is 2.31. The SMILES string of the molecule is CCOc1cc(/C=C2/C(=O)NC(=O)N(c3ccccc3CC)C2=O)cc(I)c1Cc1ccccc1Br. The van der Waals surface area contributed by atoms with Crippen molar-refractivity contribution in [2.24, 2.45) is 0 Å². The largest absolute Gasteiger partial charge is 0.494 e. The van der Waals surface area contributed by atoms with Gasteiger partial charge in [0.1, 0.15) is 11.3 Å². The van der Waals surface area contributed by atoms with E-state index in [4.69, 9.17) is 4.74 Å². The molecule has 1 saturated heterocycles. The summed E-state index contributed by atoms with van der Waals surface area (Å²) in [4.78, 5) is 39.8. The number of urea groups is 1. The predicted molar refractivity (Wildman–Crippen MR) is 152 cm³/mol. The highest BCUT2D eigenvalue weighted by Crippen LogP contribution is 2.32. The number of hydrogen-bond acceptors (Lipinski definition) is 4. The minimum absolute atomic E-state index is 0.114. The van der Waals surface area contributed by atoms with E-state index in [0.717, 1.165) is 29.6 Å². The van der Waals surface area contributed by atoms with Gasteiger partial charge in [0.2, 0.25) is 0 Å². The van der Waals surface area contributed by atoms with Crippen LogP contribution in [0.15, 0.2) is 70.7 Å². The Morgan fingerprint density at radius 3 is 2.39 bits per heavy atom. The van der Waals surface area contributed by atoms with Crippen LogP contribution < -0.4 is 15.0 Å². The number of imide groups is 2. The van der Waals surface area contributed by atoms with E-state index < -0.39 is 17.8 Å². The van der Waals surface area contributed by atoms with Crippen LogP contribution in [0.3, 0.4) is 0 Å². The molecule has 3 aromatic carbocycles. The highest BCUT2D eigenvalue weighted by Gasteiger charge is 2.37. The van der Waals surface area contributed by atoms with Crippen LogP contribution in [-0.2, 0) is 22.4 Å². The zero-order valence-corrected chi connectivity index (χ0v) is 23.6. The zero-order valence-electron chi connectivity index (χ0n) is 19.8. The molecule has 3 aromatic rings. The monoisotopic (exact) mass is 658 g/mol. The molecule has 0 aliphatic carbocycles. The molecule has 0 atom stereocenters. The van der Waals surface area contributed by atoms with Gasteiger partial charge in [-0.05, 0) is 83.0 Å². The third-order valence-corrected chi connectivity index (χ3v) is 7.56. The van der Waals surface area contributed by atoms with Gasteiger partial charge in [0.15, 0.2) is 0 Å². The first kappa shape index (κ1) is 26.1. The Labute approximate surface area is 232 Å². The Morgan fingerprint density at radius 2 is 1.69 bits per heavy atom. The second-order valence-electron chi connectivity index (χ2n) is 8.12. The van der Waals surface area contributed by atoms with Crippen molar-refractivity contribution in [3.63, 3.8) is 0 Å². The number of para-hydroxylation sites is 1. The van der Waals surface area contributed by atoms with Gasteiger partial charge in [-0.3, -0.25) is 14.9 Å². The smallest absolute Gasteiger partial charge is 0.335 e. The summed E-state index contributed by atoms with van der Waals surface area (Å²) in [5.74, 6) is -0.699. The van der Waals surface area contributed by atoms with Gasteiger partial charge in [0.05, 0.1) is 12.3 Å². The average Bonchev–Trinajstić information content (AvgIpc) is 2.85. The molecular formula is C28H24BrIN2O4. The van der Waals surface area contributed by atoms with Crippen molar-refractivity contribution in [2.75, 3.05) is 11.5 Å². The predicted octanol–water partition coefficient (Wildman–Crippen LogP) is 6.27. The van der Waals surface area contributed by atoms with Crippen LogP contribution in [0.1, 0.15) is 36.1 Å². The second-order valence-corrected chi connectivity index (χ2v) is 10.1. The third kappa shape index (κ3) is 5.39. The molecule has 0 unspecified atom stereocenters. The van der Waals surface area contributed by atoms with E-state index in [1.54, 1.807) is 12.1 Å². The van der Waals surface area contributed by atoms with E-state index >= 15 is 0 Å². The lowest BCUT2D eigenvalue weighted by Crippen LogP contribution is -2.54. The van der Waals surface area contributed by atoms with Crippen LogP contribution in [0.2, 0.25) is 0 Å². The Kier molecular flexibility index (Phi) is 8.25. The molecule has 0 aromatic heterocycles. The summed E-state index contributed by atoms with van der Waals surface area (Å²) in [7, 11) is 0. The molecule has 1 N–H and O–H groups in total. The number of benzene rings is 3. The molecule has 8 heteroatoms. The van der Waals surface area contributed by atoms with Gasteiger partial charge >= 0.3 is 6.03 Å². The van der Waals surface area contributed by atoms with E-state index in [1.165, 1.54) is 6.08 Å². The quantitative estimate of drug-likeness (QED) is 0.184. The molecule has 0 radical (unpaired) electrons. The number of ether oxygens (including phenoxy) is 1. The molecule has 1 aliphatic heterocycles. The first-order chi connectivity index (χ1) is 17.3. The fourth-order valence-corrected chi connectivity index (χ4v) is 5.31. The van der Waals surface area contributed by atoms with Gasteiger partial charge in [0.25, 0.3) is 11.8 Å². The minimum Gasteiger partial charge on any atom is -0.494 e. The van der Waals surface area contributed by atoms with Gasteiger partial charge in [0, 0.05) is 20.0 Å². The molecule has 0 saturated carbocycles. The molecule has 36 heavy (non-hydrogen) atoms. The van der Waals surface area contributed by atoms with E-state index in [0.29, 0.717) is 36.4 Å². The topological polar surface area (TPSA) is 75.7 Å². The summed E-state index contributed by atoms with van der Waals surface area (Å²) >= 11 is 5.85. The summed E-state index contributed by atoms with van der Waals surface area (Å²) in [5.41, 5.74) is 3.95. The first-order valence-electron chi connectivity index (χ1n) is 11.5. The maximum absolute atomic E-state index is 13.4. The standard InChI is InChI=1S/C28H24BrIN2O4/c1-3-18-9-6-8-12-24(18)32-27(34)21(26(33)31-28(32)35)13-17-14-23(30)20(25(15-17)36-4-2)16-19-10-5-7-11-22(19)29/h5-15H,3-4,16H2,1-2H3,(H,31,33,35)/b21-13-. The number of anilines is 1. The normalized spacial score (nSPS) is 14.8. The molecule has 4 rings (SSSR count). The third-order valence-electron chi connectivity index (χ3n) is 5.83. The van der Waals surface area contributed by atoms with Crippen LogP contribution in [0.25, 0.3) is 6.08 Å². The fraction of sp³-hybridized carbons (Fsp3) is 0.179. The lowest BCUT2D eigenvalue weighted by atomic mass is 10.00. The maximum Gasteiger partial charge on any atom is 0.335 e. The number of amides is 4. The van der Waals surface area contributed by atoms with Crippen LogP contribution in [0.4, 0.5) is 10.5 Å². The highest BCUT2D eigenvalue weighted by atomic mass is 127. The number of barbiturate groups is 1. The van der Waals surface area contributed by atoms with Gasteiger partial charge in [-0.1, -0.05) is 59.3 Å². The number of nitrogens with one attached hydrogen (secondary N) is 1. The molecule has 6 nitrogen and oxygen atoms in total. The summed E-state index contributed by atoms with van der Waals surface area (Å²) in [6.45, 7) is 4.32. The number of halogens is 2. The van der Waals surface area contributed by atoms with Crippen molar-refractivity contribution < 1.29 is 19.1 Å². The summed E-state index contributed by atoms with van der Waals surface area (Å²) < 4.78 is 7.90. The van der Waals surface area contributed by atoms with Crippen molar-refractivity contribution in [2.45, 2.75) is 26.7 Å². The summed E-state index contributed by atoms with van der Waals surface area (Å²) in [6, 6.07) is 18.2. The molecule has 0 spiro atoms. The molecule has 1 fully saturated rings. The number of hydrogen-bond donors (Lipinski definition) is 1. The van der Waals surface area contributed by atoms with E-state index in [2.05, 4.69) is 49.9 Å². The lowest BCUT2D eigenvalue weighted by Gasteiger charge is -2.28. The zero-order chi connectivity index (χ0) is 25.8. The number of nitrogens with zero attached hydrogens (tertiary/aromatic N) is 1. The van der Waals surface area contributed by atoms with E-state index in [-0.39, 0.29) is 5.57 Å². The minimum atomic E-state index is -0.753. The Morgan fingerprint density at radius 1 is 1.00 bits per heavy atom. The summed E-state index contributed by atoms with van der Waals surface area (Å²) in [6.07, 6.45) is 2.80. The van der Waals surface area contributed by atoms with Crippen molar-refractivity contribution in [1.82, 2.24) is 5.32 Å². The van der Waals surface area contributed by atoms with Crippen LogP contribution >= 0.6 is 38.5 Å². The lowest BCUT2D eigenvalue weighted by molar-refractivity contribution is -0.122. The van der Waals surface area contributed by atoms with E-state index in [9.17, 15) is 14.4 Å². The number of aryl methyl sites for hydroxylation is 1. The highest BCUT2D eigenvalue weighted by molar-refractivity contribution is 14.1. The van der Waals surface area contributed by atoms with Crippen molar-refractivity contribution in [1.29, 1.82) is 0 Å². The number of rotatable bonds is 7. The van der Waals surface area contributed by atoms with Crippen molar-refractivity contribution >= 4 is 68.1 Å². The van der Waals surface area contributed by atoms with Gasteiger partial charge in [-0.25, -0.2) is 9.69 Å². The van der Waals surface area contributed by atoms with Crippen LogP contribution in [-0.4, -0.2) is 24.5 Å². The Bertz CT molecular complexity index is 1390.